The lowest BCUT2D eigenvalue weighted by Gasteiger charge is -2.32. The fourth-order valence-electron chi connectivity index (χ4n) is 1.36. The Morgan fingerprint density at radius 2 is 2.21 bits per heavy atom. The van der Waals surface area contributed by atoms with Gasteiger partial charge in [0.15, 0.2) is 0 Å². The van der Waals surface area contributed by atoms with Gasteiger partial charge in [0, 0.05) is 19.6 Å². The van der Waals surface area contributed by atoms with E-state index in [1.807, 2.05) is 0 Å². The second kappa shape index (κ2) is 4.57. The maximum Gasteiger partial charge on any atom is 0.216 e. The SMILES string of the molecule is CC(C)S(=O)(=O)N1CCOC(CN)C1. The summed E-state index contributed by atoms with van der Waals surface area (Å²) in [6.45, 7) is 5.00. The van der Waals surface area contributed by atoms with Crippen LogP contribution in [0.15, 0.2) is 0 Å². The van der Waals surface area contributed by atoms with Crippen molar-refractivity contribution in [1.82, 2.24) is 4.31 Å². The molecule has 0 aliphatic carbocycles. The van der Waals surface area contributed by atoms with Gasteiger partial charge in [-0.25, -0.2) is 8.42 Å². The fourth-order valence-corrected chi connectivity index (χ4v) is 2.66. The van der Waals surface area contributed by atoms with Gasteiger partial charge in [0.1, 0.15) is 0 Å². The van der Waals surface area contributed by atoms with Crippen LogP contribution in [0.3, 0.4) is 0 Å². The molecule has 0 spiro atoms. The minimum Gasteiger partial charge on any atom is -0.374 e. The van der Waals surface area contributed by atoms with Gasteiger partial charge in [-0.05, 0) is 13.8 Å². The molecule has 1 unspecified atom stereocenters. The van der Waals surface area contributed by atoms with Crippen LogP contribution in [-0.4, -0.2) is 50.3 Å². The zero-order valence-corrected chi connectivity index (χ0v) is 9.46. The van der Waals surface area contributed by atoms with Crippen LogP contribution in [0, 0.1) is 0 Å². The summed E-state index contributed by atoms with van der Waals surface area (Å²) in [6.07, 6.45) is -0.155. The first kappa shape index (κ1) is 11.9. The number of nitrogens with two attached hydrogens (primary N) is 1. The van der Waals surface area contributed by atoms with E-state index in [0.29, 0.717) is 26.2 Å². The van der Waals surface area contributed by atoms with Crippen LogP contribution >= 0.6 is 0 Å². The second-order valence-corrected chi connectivity index (χ2v) is 6.17. The van der Waals surface area contributed by atoms with Gasteiger partial charge in [-0.2, -0.15) is 4.31 Å². The average molecular weight is 222 g/mol. The van der Waals surface area contributed by atoms with Crippen molar-refractivity contribution in [3.05, 3.63) is 0 Å². The van der Waals surface area contributed by atoms with Gasteiger partial charge in [0.25, 0.3) is 0 Å². The molecule has 0 aromatic heterocycles. The summed E-state index contributed by atoms with van der Waals surface area (Å²) in [4.78, 5) is 0. The van der Waals surface area contributed by atoms with E-state index in [9.17, 15) is 8.42 Å². The molecular formula is C8H18N2O3S. The van der Waals surface area contributed by atoms with Crippen LogP contribution in [-0.2, 0) is 14.8 Å². The van der Waals surface area contributed by atoms with Crippen LogP contribution in [0.1, 0.15) is 13.8 Å². The molecule has 1 heterocycles. The molecule has 84 valence electrons. The predicted molar refractivity (Wildman–Crippen MR) is 54.4 cm³/mol. The van der Waals surface area contributed by atoms with Gasteiger partial charge < -0.3 is 10.5 Å². The van der Waals surface area contributed by atoms with Crippen molar-refractivity contribution in [2.24, 2.45) is 5.73 Å². The largest absolute Gasteiger partial charge is 0.374 e. The summed E-state index contributed by atoms with van der Waals surface area (Å²) in [5, 5.41) is -0.376. The lowest BCUT2D eigenvalue weighted by molar-refractivity contribution is 0.00431. The van der Waals surface area contributed by atoms with E-state index in [2.05, 4.69) is 0 Å². The third kappa shape index (κ3) is 2.44. The van der Waals surface area contributed by atoms with Crippen LogP contribution < -0.4 is 5.73 Å². The Kier molecular flexibility index (Phi) is 3.88. The van der Waals surface area contributed by atoms with Gasteiger partial charge in [0.05, 0.1) is 18.0 Å². The van der Waals surface area contributed by atoms with Crippen LogP contribution in [0.4, 0.5) is 0 Å². The van der Waals surface area contributed by atoms with Crippen molar-refractivity contribution in [2.45, 2.75) is 25.2 Å². The number of ether oxygens (including phenoxy) is 1. The van der Waals surface area contributed by atoms with Crippen molar-refractivity contribution in [1.29, 1.82) is 0 Å². The summed E-state index contributed by atoms with van der Waals surface area (Å²) < 4.78 is 30.3. The monoisotopic (exact) mass is 222 g/mol. The molecule has 0 saturated carbocycles. The molecule has 0 amide bonds. The number of morpholine rings is 1. The van der Waals surface area contributed by atoms with Gasteiger partial charge in [0.2, 0.25) is 10.0 Å². The highest BCUT2D eigenvalue weighted by Crippen LogP contribution is 2.13. The minimum atomic E-state index is -3.15. The highest BCUT2D eigenvalue weighted by Gasteiger charge is 2.30. The molecule has 0 aromatic rings. The maximum atomic E-state index is 11.8. The highest BCUT2D eigenvalue weighted by atomic mass is 32.2. The molecule has 0 aromatic carbocycles. The fraction of sp³-hybridized carbons (Fsp3) is 1.00. The number of nitrogens with zero attached hydrogens (tertiary/aromatic N) is 1. The quantitative estimate of drug-likeness (QED) is 0.691. The Balaban J connectivity index is 2.69. The molecule has 1 atom stereocenters. The summed E-state index contributed by atoms with van der Waals surface area (Å²) in [7, 11) is -3.15. The smallest absolute Gasteiger partial charge is 0.216 e. The standard InChI is InChI=1S/C8H18N2O3S/c1-7(2)14(11,12)10-3-4-13-8(5-9)6-10/h7-8H,3-6,9H2,1-2H3. The van der Waals surface area contributed by atoms with Crippen molar-refractivity contribution in [2.75, 3.05) is 26.2 Å². The number of hydrogen-bond donors (Lipinski definition) is 1. The van der Waals surface area contributed by atoms with E-state index in [4.69, 9.17) is 10.5 Å². The number of hydrogen-bond acceptors (Lipinski definition) is 4. The van der Waals surface area contributed by atoms with Crippen molar-refractivity contribution < 1.29 is 13.2 Å². The Morgan fingerprint density at radius 1 is 1.57 bits per heavy atom. The molecule has 6 heteroatoms. The van der Waals surface area contributed by atoms with Crippen molar-refractivity contribution in [3.63, 3.8) is 0 Å². The first-order chi connectivity index (χ1) is 6.48. The topological polar surface area (TPSA) is 72.6 Å². The third-order valence-corrected chi connectivity index (χ3v) is 4.56. The first-order valence-corrected chi connectivity index (χ1v) is 6.29. The molecule has 1 fully saturated rings. The van der Waals surface area contributed by atoms with E-state index in [-0.39, 0.29) is 11.4 Å². The summed E-state index contributed by atoms with van der Waals surface area (Å²) in [6, 6.07) is 0. The van der Waals surface area contributed by atoms with E-state index in [1.165, 1.54) is 4.31 Å². The predicted octanol–water partition coefficient (Wildman–Crippen LogP) is -0.616. The molecule has 1 saturated heterocycles. The van der Waals surface area contributed by atoms with Gasteiger partial charge in [-0.15, -0.1) is 0 Å². The Morgan fingerprint density at radius 3 is 2.71 bits per heavy atom. The Bertz CT molecular complexity index is 276. The van der Waals surface area contributed by atoms with Crippen LogP contribution in [0.5, 0.6) is 0 Å². The van der Waals surface area contributed by atoms with Crippen molar-refractivity contribution in [3.8, 4) is 0 Å². The zero-order chi connectivity index (χ0) is 10.8. The van der Waals surface area contributed by atoms with E-state index in [0.717, 1.165) is 0 Å². The Labute approximate surface area is 85.3 Å². The molecule has 5 nitrogen and oxygen atoms in total. The molecule has 2 N–H and O–H groups in total. The molecule has 0 bridgehead atoms. The lowest BCUT2D eigenvalue weighted by Crippen LogP contribution is -2.49. The first-order valence-electron chi connectivity index (χ1n) is 4.79. The third-order valence-electron chi connectivity index (χ3n) is 2.32. The van der Waals surface area contributed by atoms with Crippen molar-refractivity contribution >= 4 is 10.0 Å². The summed E-state index contributed by atoms with van der Waals surface area (Å²) >= 11 is 0. The molecule has 0 radical (unpaired) electrons. The van der Waals surface area contributed by atoms with E-state index >= 15 is 0 Å². The highest BCUT2D eigenvalue weighted by molar-refractivity contribution is 7.89. The van der Waals surface area contributed by atoms with Crippen LogP contribution in [0.25, 0.3) is 0 Å². The Hall–Kier alpha value is -0.170. The molecule has 1 aliphatic heterocycles. The normalized spacial score (nSPS) is 25.6. The minimum absolute atomic E-state index is 0.155. The van der Waals surface area contributed by atoms with Crippen LogP contribution in [0.2, 0.25) is 0 Å². The average Bonchev–Trinajstić information content (AvgIpc) is 2.17. The molecule has 1 aliphatic rings. The summed E-state index contributed by atoms with van der Waals surface area (Å²) in [5.74, 6) is 0. The van der Waals surface area contributed by atoms with E-state index < -0.39 is 10.0 Å². The van der Waals surface area contributed by atoms with E-state index in [1.54, 1.807) is 13.8 Å². The maximum absolute atomic E-state index is 11.8. The zero-order valence-electron chi connectivity index (χ0n) is 8.64. The van der Waals surface area contributed by atoms with Gasteiger partial charge >= 0.3 is 0 Å². The molecule has 1 rings (SSSR count). The number of rotatable bonds is 3. The summed E-state index contributed by atoms with van der Waals surface area (Å²) in [5.41, 5.74) is 5.44. The van der Waals surface area contributed by atoms with Gasteiger partial charge in [-0.1, -0.05) is 0 Å². The number of sulfonamides is 1. The molecular weight excluding hydrogens is 204 g/mol. The lowest BCUT2D eigenvalue weighted by atomic mass is 10.3. The van der Waals surface area contributed by atoms with Gasteiger partial charge in [-0.3, -0.25) is 0 Å². The molecule has 14 heavy (non-hydrogen) atoms. The second-order valence-electron chi connectivity index (χ2n) is 3.68.